The van der Waals surface area contributed by atoms with Crippen molar-refractivity contribution in [3.8, 4) is 0 Å². The highest BCUT2D eigenvalue weighted by atomic mass is 16.2. The Bertz CT molecular complexity index is 823. The van der Waals surface area contributed by atoms with Crippen LogP contribution in [0, 0.1) is 5.92 Å². The number of carbonyl (C=O) groups excluding carboxylic acids is 2. The molecule has 1 N–H and O–H groups in total. The van der Waals surface area contributed by atoms with Crippen LogP contribution in [-0.4, -0.2) is 54.8 Å². The molecule has 28 heavy (non-hydrogen) atoms. The van der Waals surface area contributed by atoms with Crippen molar-refractivity contribution < 1.29 is 9.59 Å². The summed E-state index contributed by atoms with van der Waals surface area (Å²) in [7, 11) is 2.07. The topological polar surface area (TPSA) is 52.6 Å². The van der Waals surface area contributed by atoms with Crippen LogP contribution >= 0.6 is 0 Å². The number of benzene rings is 2. The first-order valence-corrected chi connectivity index (χ1v) is 10.1. The maximum atomic E-state index is 12.9. The van der Waals surface area contributed by atoms with Crippen LogP contribution in [0.2, 0.25) is 0 Å². The quantitative estimate of drug-likeness (QED) is 0.871. The molecule has 2 aromatic rings. The van der Waals surface area contributed by atoms with Crippen molar-refractivity contribution in [1.82, 2.24) is 9.80 Å². The summed E-state index contributed by atoms with van der Waals surface area (Å²) in [5.74, 6) is 0.422. The first-order chi connectivity index (χ1) is 13.6. The second-order valence-electron chi connectivity index (χ2n) is 7.89. The zero-order valence-corrected chi connectivity index (χ0v) is 16.3. The highest BCUT2D eigenvalue weighted by Crippen LogP contribution is 2.43. The summed E-state index contributed by atoms with van der Waals surface area (Å²) in [4.78, 5) is 29.7. The van der Waals surface area contributed by atoms with E-state index < -0.39 is 0 Å². The van der Waals surface area contributed by atoms with Crippen LogP contribution < -0.4 is 5.32 Å². The molecule has 0 spiro atoms. The number of carbonyl (C=O) groups is 2. The molecule has 1 heterocycles. The standard InChI is InChI=1S/C23H27N3O2/c1-25-13-15-26(16-14-25)23(28)19-9-11-20(12-10-19)24-22(27)21(18-7-8-18)17-5-3-2-4-6-17/h2-6,9-12,18,21H,7-8,13-16H2,1H3,(H,24,27). The predicted octanol–water partition coefficient (Wildman–Crippen LogP) is 3.21. The molecule has 5 heteroatoms. The Hall–Kier alpha value is -2.66. The van der Waals surface area contributed by atoms with Gasteiger partial charge in [-0.25, -0.2) is 0 Å². The molecular weight excluding hydrogens is 350 g/mol. The molecule has 1 atom stereocenters. The van der Waals surface area contributed by atoms with E-state index >= 15 is 0 Å². The number of amides is 2. The molecule has 146 valence electrons. The van der Waals surface area contributed by atoms with Crippen molar-refractivity contribution in [1.29, 1.82) is 0 Å². The Morgan fingerprint density at radius 1 is 0.929 bits per heavy atom. The molecule has 2 aromatic carbocycles. The average Bonchev–Trinajstić information content (AvgIpc) is 3.55. The molecule has 5 nitrogen and oxygen atoms in total. The number of anilines is 1. The largest absolute Gasteiger partial charge is 0.336 e. The lowest BCUT2D eigenvalue weighted by atomic mass is 9.93. The minimum atomic E-state index is -0.104. The van der Waals surface area contributed by atoms with E-state index in [4.69, 9.17) is 0 Å². The maximum absolute atomic E-state index is 12.9. The fraction of sp³-hybridized carbons (Fsp3) is 0.391. The van der Waals surface area contributed by atoms with Gasteiger partial charge in [0.1, 0.15) is 0 Å². The van der Waals surface area contributed by atoms with Crippen molar-refractivity contribution in [2.24, 2.45) is 5.92 Å². The fourth-order valence-electron chi connectivity index (χ4n) is 3.84. The first-order valence-electron chi connectivity index (χ1n) is 10.1. The number of hydrogen-bond acceptors (Lipinski definition) is 3. The summed E-state index contributed by atoms with van der Waals surface area (Å²) in [6.45, 7) is 3.33. The average molecular weight is 377 g/mol. The third-order valence-electron chi connectivity index (χ3n) is 5.72. The molecule has 2 amide bonds. The Balaban J connectivity index is 1.41. The maximum Gasteiger partial charge on any atom is 0.253 e. The number of piperazine rings is 1. The molecule has 1 aliphatic heterocycles. The van der Waals surface area contributed by atoms with Gasteiger partial charge in [-0.05, 0) is 55.6 Å². The highest BCUT2D eigenvalue weighted by molar-refractivity contribution is 5.98. The summed E-state index contributed by atoms with van der Waals surface area (Å²) in [6.07, 6.45) is 2.21. The lowest BCUT2D eigenvalue weighted by Crippen LogP contribution is -2.47. The Morgan fingerprint density at radius 2 is 1.57 bits per heavy atom. The normalized spacial score (nSPS) is 18.5. The predicted molar refractivity (Wildman–Crippen MR) is 110 cm³/mol. The van der Waals surface area contributed by atoms with Crippen molar-refractivity contribution in [3.63, 3.8) is 0 Å². The van der Waals surface area contributed by atoms with Crippen LogP contribution in [-0.2, 0) is 4.79 Å². The van der Waals surface area contributed by atoms with Gasteiger partial charge in [-0.3, -0.25) is 9.59 Å². The lowest BCUT2D eigenvalue weighted by molar-refractivity contribution is -0.118. The van der Waals surface area contributed by atoms with Gasteiger partial charge in [0.2, 0.25) is 5.91 Å². The van der Waals surface area contributed by atoms with Gasteiger partial charge in [0.15, 0.2) is 0 Å². The minimum absolute atomic E-state index is 0.0341. The number of likely N-dealkylation sites (N-methyl/N-ethyl adjacent to an activating group) is 1. The molecule has 0 bridgehead atoms. The number of nitrogens with zero attached hydrogens (tertiary/aromatic N) is 2. The van der Waals surface area contributed by atoms with E-state index in [1.54, 1.807) is 0 Å². The van der Waals surface area contributed by atoms with E-state index in [-0.39, 0.29) is 17.7 Å². The summed E-state index contributed by atoms with van der Waals surface area (Å²) >= 11 is 0. The third-order valence-corrected chi connectivity index (χ3v) is 5.72. The van der Waals surface area contributed by atoms with Crippen LogP contribution in [0.4, 0.5) is 5.69 Å². The molecule has 4 rings (SSSR count). The monoisotopic (exact) mass is 377 g/mol. The van der Waals surface area contributed by atoms with Crippen molar-refractivity contribution in [2.45, 2.75) is 18.8 Å². The number of nitrogens with one attached hydrogen (secondary N) is 1. The lowest BCUT2D eigenvalue weighted by Gasteiger charge is -2.32. The first kappa shape index (κ1) is 18.7. The van der Waals surface area contributed by atoms with Gasteiger partial charge in [0.05, 0.1) is 5.92 Å². The van der Waals surface area contributed by atoms with Gasteiger partial charge in [0, 0.05) is 37.4 Å². The molecule has 1 unspecified atom stereocenters. The summed E-state index contributed by atoms with van der Waals surface area (Å²) in [5.41, 5.74) is 2.48. The van der Waals surface area contributed by atoms with Gasteiger partial charge in [0.25, 0.3) is 5.91 Å². The smallest absolute Gasteiger partial charge is 0.253 e. The molecule has 1 aliphatic carbocycles. The van der Waals surface area contributed by atoms with Crippen LogP contribution in [0.3, 0.4) is 0 Å². The molecule has 0 aromatic heterocycles. The van der Waals surface area contributed by atoms with E-state index in [0.29, 0.717) is 11.5 Å². The van der Waals surface area contributed by atoms with Gasteiger partial charge in [-0.2, -0.15) is 0 Å². The number of hydrogen-bond donors (Lipinski definition) is 1. The zero-order valence-electron chi connectivity index (χ0n) is 16.3. The van der Waals surface area contributed by atoms with E-state index in [1.807, 2.05) is 59.5 Å². The van der Waals surface area contributed by atoms with E-state index in [1.165, 1.54) is 0 Å². The Morgan fingerprint density at radius 3 is 2.18 bits per heavy atom. The third kappa shape index (κ3) is 4.25. The van der Waals surface area contributed by atoms with Crippen molar-refractivity contribution >= 4 is 17.5 Å². The summed E-state index contributed by atoms with van der Waals surface area (Å²) in [5, 5.41) is 3.04. The molecule has 0 radical (unpaired) electrons. The second-order valence-corrected chi connectivity index (χ2v) is 7.89. The van der Waals surface area contributed by atoms with Crippen LogP contribution in [0.5, 0.6) is 0 Å². The summed E-state index contributed by atoms with van der Waals surface area (Å²) < 4.78 is 0. The van der Waals surface area contributed by atoms with Gasteiger partial charge < -0.3 is 15.1 Å². The van der Waals surface area contributed by atoms with Crippen LogP contribution in [0.15, 0.2) is 54.6 Å². The van der Waals surface area contributed by atoms with Gasteiger partial charge in [-0.1, -0.05) is 30.3 Å². The Kier molecular flexibility index (Phi) is 5.44. The van der Waals surface area contributed by atoms with Gasteiger partial charge in [-0.15, -0.1) is 0 Å². The second kappa shape index (κ2) is 8.15. The minimum Gasteiger partial charge on any atom is -0.336 e. The molecule has 2 aliphatic rings. The molecule has 1 saturated carbocycles. The number of rotatable bonds is 5. The Labute approximate surface area is 166 Å². The van der Waals surface area contributed by atoms with E-state index in [9.17, 15) is 9.59 Å². The summed E-state index contributed by atoms with van der Waals surface area (Å²) in [6, 6.07) is 17.3. The fourth-order valence-corrected chi connectivity index (χ4v) is 3.84. The zero-order chi connectivity index (χ0) is 19.5. The highest BCUT2D eigenvalue weighted by Gasteiger charge is 2.37. The molecule has 2 fully saturated rings. The molecular formula is C23H27N3O2. The van der Waals surface area contributed by atoms with Crippen molar-refractivity contribution in [3.05, 3.63) is 65.7 Å². The SMILES string of the molecule is CN1CCN(C(=O)c2ccc(NC(=O)C(c3ccccc3)C3CC3)cc2)CC1. The molecule has 1 saturated heterocycles. The van der Waals surface area contributed by atoms with Crippen molar-refractivity contribution in [2.75, 3.05) is 38.5 Å². The van der Waals surface area contributed by atoms with E-state index in [0.717, 1.165) is 50.3 Å². The van der Waals surface area contributed by atoms with Crippen LogP contribution in [0.1, 0.15) is 34.7 Å². The van der Waals surface area contributed by atoms with E-state index in [2.05, 4.69) is 17.3 Å². The van der Waals surface area contributed by atoms with Gasteiger partial charge >= 0.3 is 0 Å². The van der Waals surface area contributed by atoms with Crippen LogP contribution in [0.25, 0.3) is 0 Å².